The Morgan fingerprint density at radius 3 is 3.06 bits per heavy atom. The number of aromatic nitrogens is 1. The van der Waals surface area contributed by atoms with Gasteiger partial charge in [0.15, 0.2) is 0 Å². The molecular formula is C11H13ClN2O2. The summed E-state index contributed by atoms with van der Waals surface area (Å²) in [5, 5.41) is 0.414. The van der Waals surface area contributed by atoms with Gasteiger partial charge in [-0.2, -0.15) is 0 Å². The second kappa shape index (κ2) is 6.25. The zero-order valence-corrected chi connectivity index (χ0v) is 9.70. The third-order valence-corrected chi connectivity index (χ3v) is 2.36. The maximum atomic E-state index is 11.0. The van der Waals surface area contributed by atoms with Crippen LogP contribution in [0.2, 0.25) is 5.15 Å². The van der Waals surface area contributed by atoms with E-state index in [4.69, 9.17) is 17.3 Å². The van der Waals surface area contributed by atoms with Crippen molar-refractivity contribution in [2.45, 2.75) is 6.42 Å². The van der Waals surface area contributed by atoms with Gasteiger partial charge in [0.1, 0.15) is 5.15 Å². The summed E-state index contributed by atoms with van der Waals surface area (Å²) in [5.74, 6) is -0.411. The molecule has 0 bridgehead atoms. The molecule has 0 aliphatic heterocycles. The molecule has 1 heterocycles. The number of hydrogen-bond donors (Lipinski definition) is 1. The van der Waals surface area contributed by atoms with Crippen molar-refractivity contribution in [3.05, 3.63) is 34.6 Å². The van der Waals surface area contributed by atoms with Gasteiger partial charge in [0.25, 0.3) is 0 Å². The lowest BCUT2D eigenvalue weighted by molar-refractivity contribution is -0.134. The summed E-state index contributed by atoms with van der Waals surface area (Å²) in [6.45, 7) is 0.477. The molecule has 86 valence electrons. The molecule has 0 saturated carbocycles. The Labute approximate surface area is 99.1 Å². The number of hydrogen-bond acceptors (Lipinski definition) is 4. The highest BCUT2D eigenvalue weighted by molar-refractivity contribution is 6.30. The summed E-state index contributed by atoms with van der Waals surface area (Å²) in [4.78, 5) is 14.9. The molecule has 0 radical (unpaired) electrons. The number of nitrogens with two attached hydrogens (primary N) is 1. The van der Waals surface area contributed by atoms with E-state index in [-0.39, 0.29) is 0 Å². The van der Waals surface area contributed by atoms with Crippen LogP contribution in [0.4, 0.5) is 0 Å². The molecular weight excluding hydrogens is 228 g/mol. The number of methoxy groups -OCH3 is 1. The summed E-state index contributed by atoms with van der Waals surface area (Å²) in [5.41, 5.74) is 7.15. The van der Waals surface area contributed by atoms with Gasteiger partial charge in [-0.25, -0.2) is 9.78 Å². The lowest BCUT2D eigenvalue weighted by Crippen LogP contribution is -2.05. The van der Waals surface area contributed by atoms with Crippen molar-refractivity contribution in [3.63, 3.8) is 0 Å². The highest BCUT2D eigenvalue weighted by Crippen LogP contribution is 2.19. The van der Waals surface area contributed by atoms with Crippen LogP contribution >= 0.6 is 11.6 Å². The summed E-state index contributed by atoms with van der Waals surface area (Å²) in [7, 11) is 1.33. The van der Waals surface area contributed by atoms with Crippen molar-refractivity contribution >= 4 is 23.6 Å². The fourth-order valence-electron chi connectivity index (χ4n) is 1.25. The molecule has 0 spiro atoms. The van der Waals surface area contributed by atoms with E-state index in [2.05, 4.69) is 9.72 Å². The smallest absolute Gasteiger partial charge is 0.330 e. The fourth-order valence-corrected chi connectivity index (χ4v) is 1.51. The van der Waals surface area contributed by atoms with Gasteiger partial charge < -0.3 is 10.5 Å². The fraction of sp³-hybridized carbons (Fsp3) is 0.273. The molecule has 0 aliphatic carbocycles. The van der Waals surface area contributed by atoms with E-state index in [0.717, 1.165) is 11.1 Å². The predicted molar refractivity (Wildman–Crippen MR) is 63.1 cm³/mol. The van der Waals surface area contributed by atoms with E-state index in [1.807, 2.05) is 0 Å². The summed E-state index contributed by atoms with van der Waals surface area (Å²) >= 11 is 5.94. The van der Waals surface area contributed by atoms with Crippen molar-refractivity contribution in [2.24, 2.45) is 5.73 Å². The largest absolute Gasteiger partial charge is 0.466 e. The highest BCUT2D eigenvalue weighted by atomic mass is 35.5. The molecule has 1 rings (SSSR count). The highest BCUT2D eigenvalue weighted by Gasteiger charge is 2.05. The van der Waals surface area contributed by atoms with Crippen LogP contribution in [0.3, 0.4) is 0 Å². The first kappa shape index (κ1) is 12.7. The minimum atomic E-state index is -0.411. The normalized spacial score (nSPS) is 10.7. The SMILES string of the molecule is COC(=O)/C=C/c1ccnc(Cl)c1CCN. The Hall–Kier alpha value is -1.39. The maximum Gasteiger partial charge on any atom is 0.330 e. The first-order valence-electron chi connectivity index (χ1n) is 4.78. The Morgan fingerprint density at radius 1 is 1.69 bits per heavy atom. The van der Waals surface area contributed by atoms with E-state index in [0.29, 0.717) is 18.1 Å². The lowest BCUT2D eigenvalue weighted by atomic mass is 10.1. The van der Waals surface area contributed by atoms with Gasteiger partial charge >= 0.3 is 5.97 Å². The molecule has 2 N–H and O–H groups in total. The Morgan fingerprint density at radius 2 is 2.44 bits per heavy atom. The first-order chi connectivity index (χ1) is 7.69. The monoisotopic (exact) mass is 240 g/mol. The molecule has 16 heavy (non-hydrogen) atoms. The van der Waals surface area contributed by atoms with Crippen LogP contribution in [0.1, 0.15) is 11.1 Å². The van der Waals surface area contributed by atoms with Crippen molar-refractivity contribution in [1.29, 1.82) is 0 Å². The molecule has 0 aromatic carbocycles. The first-order valence-corrected chi connectivity index (χ1v) is 5.16. The van der Waals surface area contributed by atoms with E-state index in [9.17, 15) is 4.79 Å². The van der Waals surface area contributed by atoms with Crippen LogP contribution in [0.25, 0.3) is 6.08 Å². The Kier molecular flexibility index (Phi) is 4.95. The van der Waals surface area contributed by atoms with E-state index < -0.39 is 5.97 Å². The minimum Gasteiger partial charge on any atom is -0.466 e. The lowest BCUT2D eigenvalue weighted by Gasteiger charge is -2.05. The number of nitrogens with zero attached hydrogens (tertiary/aromatic N) is 1. The number of esters is 1. The number of pyridine rings is 1. The van der Waals surface area contributed by atoms with Crippen LogP contribution in [0.5, 0.6) is 0 Å². The zero-order valence-electron chi connectivity index (χ0n) is 8.94. The van der Waals surface area contributed by atoms with Gasteiger partial charge in [-0.05, 0) is 36.2 Å². The Balaban J connectivity index is 2.98. The molecule has 0 saturated heterocycles. The van der Waals surface area contributed by atoms with E-state index >= 15 is 0 Å². The average molecular weight is 241 g/mol. The van der Waals surface area contributed by atoms with Crippen LogP contribution in [-0.2, 0) is 16.0 Å². The summed E-state index contributed by atoms with van der Waals surface area (Å²) < 4.78 is 4.50. The van der Waals surface area contributed by atoms with Gasteiger partial charge in [-0.15, -0.1) is 0 Å². The van der Waals surface area contributed by atoms with Gasteiger partial charge in [0.2, 0.25) is 0 Å². The molecule has 1 aromatic rings. The van der Waals surface area contributed by atoms with Gasteiger partial charge in [-0.3, -0.25) is 0 Å². The second-order valence-electron chi connectivity index (χ2n) is 3.06. The quantitative estimate of drug-likeness (QED) is 0.491. The van der Waals surface area contributed by atoms with E-state index in [1.165, 1.54) is 13.2 Å². The van der Waals surface area contributed by atoms with E-state index in [1.54, 1.807) is 18.3 Å². The maximum absolute atomic E-state index is 11.0. The zero-order chi connectivity index (χ0) is 12.0. The van der Waals surface area contributed by atoms with Crippen LogP contribution in [0.15, 0.2) is 18.3 Å². The molecule has 0 amide bonds. The van der Waals surface area contributed by atoms with Crippen molar-refractivity contribution in [3.8, 4) is 0 Å². The number of rotatable bonds is 4. The molecule has 0 aliphatic rings. The summed E-state index contributed by atoms with van der Waals surface area (Å²) in [6.07, 6.45) is 5.18. The molecule has 0 unspecified atom stereocenters. The number of ether oxygens (including phenoxy) is 1. The number of halogens is 1. The minimum absolute atomic E-state index is 0.411. The van der Waals surface area contributed by atoms with Gasteiger partial charge in [0, 0.05) is 12.3 Å². The molecule has 5 heteroatoms. The van der Waals surface area contributed by atoms with Crippen LogP contribution in [-0.4, -0.2) is 24.6 Å². The standard InChI is InChI=1S/C11H13ClN2O2/c1-16-10(15)3-2-8-5-7-14-11(12)9(8)4-6-13/h2-3,5,7H,4,6,13H2,1H3/b3-2+. The molecule has 1 aromatic heterocycles. The number of carbonyl (C=O) groups excluding carboxylic acids is 1. The van der Waals surface area contributed by atoms with Gasteiger partial charge in [0.05, 0.1) is 7.11 Å². The summed E-state index contributed by atoms with van der Waals surface area (Å²) in [6, 6.07) is 1.77. The molecule has 0 fully saturated rings. The van der Waals surface area contributed by atoms with Crippen molar-refractivity contribution in [1.82, 2.24) is 4.98 Å². The van der Waals surface area contributed by atoms with Crippen LogP contribution < -0.4 is 5.73 Å². The number of carbonyl (C=O) groups is 1. The van der Waals surface area contributed by atoms with Gasteiger partial charge in [-0.1, -0.05) is 11.6 Å². The second-order valence-corrected chi connectivity index (χ2v) is 3.42. The molecule has 4 nitrogen and oxygen atoms in total. The topological polar surface area (TPSA) is 65.2 Å². The molecule has 0 atom stereocenters. The predicted octanol–water partition coefficient (Wildman–Crippen LogP) is 1.42. The third-order valence-electron chi connectivity index (χ3n) is 2.03. The van der Waals surface area contributed by atoms with Crippen LogP contribution in [0, 0.1) is 0 Å². The average Bonchev–Trinajstić information content (AvgIpc) is 2.29. The van der Waals surface area contributed by atoms with Crippen molar-refractivity contribution in [2.75, 3.05) is 13.7 Å². The van der Waals surface area contributed by atoms with Crippen molar-refractivity contribution < 1.29 is 9.53 Å². The third kappa shape index (κ3) is 3.32. The Bertz CT molecular complexity index is 405.